The van der Waals surface area contributed by atoms with E-state index in [2.05, 4.69) is 45.9 Å². The molecular weight excluding hydrogens is 222 g/mol. The molecule has 18 heavy (non-hydrogen) atoms. The van der Waals surface area contributed by atoms with Crippen LogP contribution < -0.4 is 10.6 Å². The van der Waals surface area contributed by atoms with Gasteiger partial charge in [-0.05, 0) is 29.8 Å². The second-order valence-corrected chi connectivity index (χ2v) is 4.20. The van der Waals surface area contributed by atoms with Crippen LogP contribution in [0, 0.1) is 0 Å². The Morgan fingerprint density at radius 2 is 2.06 bits per heavy atom. The molecule has 0 atom stereocenters. The maximum Gasteiger partial charge on any atom is 0.0416 e. The lowest BCUT2D eigenvalue weighted by Crippen LogP contribution is -2.17. The molecule has 3 nitrogen and oxygen atoms in total. The van der Waals surface area contributed by atoms with Gasteiger partial charge in [0.15, 0.2) is 0 Å². The molecule has 0 unspecified atom stereocenters. The van der Waals surface area contributed by atoms with Crippen molar-refractivity contribution in [2.45, 2.75) is 13.0 Å². The molecule has 0 aliphatic rings. The fraction of sp³-hybridized carbons (Fsp3) is 0.267. The van der Waals surface area contributed by atoms with Crippen LogP contribution in [0.1, 0.15) is 11.3 Å². The van der Waals surface area contributed by atoms with Crippen LogP contribution in [-0.4, -0.2) is 18.6 Å². The van der Waals surface area contributed by atoms with Crippen LogP contribution in [0.3, 0.4) is 0 Å². The van der Waals surface area contributed by atoms with E-state index in [9.17, 15) is 0 Å². The van der Waals surface area contributed by atoms with Crippen LogP contribution in [0.25, 0.3) is 0 Å². The van der Waals surface area contributed by atoms with Crippen molar-refractivity contribution in [1.29, 1.82) is 0 Å². The number of nitrogens with zero attached hydrogens (tertiary/aromatic N) is 1. The van der Waals surface area contributed by atoms with E-state index in [1.165, 1.54) is 5.56 Å². The molecule has 94 valence electrons. The third-order valence-electron chi connectivity index (χ3n) is 2.83. The Kier molecular flexibility index (Phi) is 4.73. The zero-order valence-electron chi connectivity index (χ0n) is 10.7. The standard InChI is InChI=1S/C15H19N3/c1-16-15-7-4-5-13(11-15)12-17-10-8-14-6-2-3-9-18-14/h2-7,9,11,16-17H,8,10,12H2,1H3. The Labute approximate surface area is 108 Å². The van der Waals surface area contributed by atoms with Crippen LogP contribution in [0.15, 0.2) is 48.7 Å². The molecule has 0 radical (unpaired) electrons. The second-order valence-electron chi connectivity index (χ2n) is 4.20. The van der Waals surface area contributed by atoms with E-state index >= 15 is 0 Å². The lowest BCUT2D eigenvalue weighted by molar-refractivity contribution is 0.680. The molecule has 0 aliphatic heterocycles. The largest absolute Gasteiger partial charge is 0.388 e. The Balaban J connectivity index is 1.75. The number of pyridine rings is 1. The zero-order chi connectivity index (χ0) is 12.6. The van der Waals surface area contributed by atoms with Crippen molar-refractivity contribution >= 4 is 5.69 Å². The first-order valence-corrected chi connectivity index (χ1v) is 6.26. The molecule has 0 bridgehead atoms. The summed E-state index contributed by atoms with van der Waals surface area (Å²) in [5.74, 6) is 0. The van der Waals surface area contributed by atoms with Crippen LogP contribution in [0.2, 0.25) is 0 Å². The molecule has 0 aliphatic carbocycles. The normalized spacial score (nSPS) is 10.3. The van der Waals surface area contributed by atoms with Crippen molar-refractivity contribution in [1.82, 2.24) is 10.3 Å². The maximum absolute atomic E-state index is 4.30. The highest BCUT2D eigenvalue weighted by Gasteiger charge is 1.96. The molecule has 1 aromatic heterocycles. The van der Waals surface area contributed by atoms with Gasteiger partial charge < -0.3 is 10.6 Å². The van der Waals surface area contributed by atoms with Crippen LogP contribution in [0.5, 0.6) is 0 Å². The number of hydrogen-bond donors (Lipinski definition) is 2. The maximum atomic E-state index is 4.30. The third kappa shape index (κ3) is 3.86. The highest BCUT2D eigenvalue weighted by Crippen LogP contribution is 2.09. The van der Waals surface area contributed by atoms with E-state index in [0.29, 0.717) is 0 Å². The highest BCUT2D eigenvalue weighted by molar-refractivity contribution is 5.44. The monoisotopic (exact) mass is 241 g/mol. The van der Waals surface area contributed by atoms with E-state index in [1.807, 2.05) is 25.4 Å². The fourth-order valence-corrected chi connectivity index (χ4v) is 1.83. The lowest BCUT2D eigenvalue weighted by Gasteiger charge is -2.06. The summed E-state index contributed by atoms with van der Waals surface area (Å²) in [6.45, 7) is 1.84. The Morgan fingerprint density at radius 1 is 1.11 bits per heavy atom. The highest BCUT2D eigenvalue weighted by atomic mass is 14.9. The van der Waals surface area contributed by atoms with Gasteiger partial charge in [-0.15, -0.1) is 0 Å². The minimum atomic E-state index is 0.891. The van der Waals surface area contributed by atoms with Crippen molar-refractivity contribution in [3.8, 4) is 0 Å². The van der Waals surface area contributed by atoms with E-state index in [4.69, 9.17) is 0 Å². The summed E-state index contributed by atoms with van der Waals surface area (Å²) in [6.07, 6.45) is 2.80. The van der Waals surface area contributed by atoms with Crippen molar-refractivity contribution in [3.05, 3.63) is 59.9 Å². The predicted octanol–water partition coefficient (Wildman–Crippen LogP) is 2.46. The van der Waals surface area contributed by atoms with Crippen molar-refractivity contribution in [2.75, 3.05) is 18.9 Å². The molecule has 3 heteroatoms. The van der Waals surface area contributed by atoms with E-state index < -0.39 is 0 Å². The molecule has 1 aromatic carbocycles. The summed E-state index contributed by atoms with van der Waals surface area (Å²) >= 11 is 0. The van der Waals surface area contributed by atoms with Crippen molar-refractivity contribution in [2.24, 2.45) is 0 Å². The summed E-state index contributed by atoms with van der Waals surface area (Å²) < 4.78 is 0. The van der Waals surface area contributed by atoms with Crippen LogP contribution in [0.4, 0.5) is 5.69 Å². The second kappa shape index (κ2) is 6.77. The molecule has 0 spiro atoms. The molecule has 0 amide bonds. The van der Waals surface area contributed by atoms with E-state index in [0.717, 1.165) is 30.9 Å². The quantitative estimate of drug-likeness (QED) is 0.763. The minimum Gasteiger partial charge on any atom is -0.388 e. The van der Waals surface area contributed by atoms with Gasteiger partial charge >= 0.3 is 0 Å². The van der Waals surface area contributed by atoms with E-state index in [1.54, 1.807) is 0 Å². The zero-order valence-corrected chi connectivity index (χ0v) is 10.7. The molecule has 2 N–H and O–H groups in total. The SMILES string of the molecule is CNc1cccc(CNCCc2ccccn2)c1. The lowest BCUT2D eigenvalue weighted by atomic mass is 10.2. The molecule has 2 aromatic rings. The molecule has 2 rings (SSSR count). The molecule has 1 heterocycles. The predicted molar refractivity (Wildman–Crippen MR) is 75.6 cm³/mol. The van der Waals surface area contributed by atoms with Crippen molar-refractivity contribution < 1.29 is 0 Å². The Morgan fingerprint density at radius 3 is 2.83 bits per heavy atom. The van der Waals surface area contributed by atoms with Gasteiger partial charge in [0, 0.05) is 44.1 Å². The molecule has 0 saturated heterocycles. The smallest absolute Gasteiger partial charge is 0.0416 e. The van der Waals surface area contributed by atoms with Gasteiger partial charge in [0.1, 0.15) is 0 Å². The van der Waals surface area contributed by atoms with Crippen molar-refractivity contribution in [3.63, 3.8) is 0 Å². The van der Waals surface area contributed by atoms with Gasteiger partial charge in [0.05, 0.1) is 0 Å². The first kappa shape index (κ1) is 12.6. The number of hydrogen-bond acceptors (Lipinski definition) is 3. The van der Waals surface area contributed by atoms with E-state index in [-0.39, 0.29) is 0 Å². The first-order valence-electron chi connectivity index (χ1n) is 6.26. The molecule has 0 fully saturated rings. The Hall–Kier alpha value is -1.87. The van der Waals surface area contributed by atoms with Crippen LogP contribution >= 0.6 is 0 Å². The molecule has 0 saturated carbocycles. The van der Waals surface area contributed by atoms with Gasteiger partial charge in [-0.25, -0.2) is 0 Å². The summed E-state index contributed by atoms with van der Waals surface area (Å²) in [6, 6.07) is 14.5. The van der Waals surface area contributed by atoms with Gasteiger partial charge in [-0.1, -0.05) is 18.2 Å². The third-order valence-corrected chi connectivity index (χ3v) is 2.83. The first-order chi connectivity index (χ1) is 8.88. The topological polar surface area (TPSA) is 37.0 Å². The minimum absolute atomic E-state index is 0.891. The Bertz CT molecular complexity index is 468. The molecular formula is C15H19N3. The van der Waals surface area contributed by atoms with Gasteiger partial charge in [0.25, 0.3) is 0 Å². The average Bonchev–Trinajstić information content (AvgIpc) is 2.45. The number of aromatic nitrogens is 1. The van der Waals surface area contributed by atoms with Gasteiger partial charge in [-0.2, -0.15) is 0 Å². The number of rotatable bonds is 6. The summed E-state index contributed by atoms with van der Waals surface area (Å²) in [7, 11) is 1.94. The van der Waals surface area contributed by atoms with Crippen LogP contribution in [-0.2, 0) is 13.0 Å². The summed E-state index contributed by atoms with van der Waals surface area (Å²) in [5, 5.41) is 6.58. The number of anilines is 1. The average molecular weight is 241 g/mol. The summed E-state index contributed by atoms with van der Waals surface area (Å²) in [4.78, 5) is 4.30. The summed E-state index contributed by atoms with van der Waals surface area (Å²) in [5.41, 5.74) is 3.58. The number of benzene rings is 1. The van der Waals surface area contributed by atoms with Gasteiger partial charge in [-0.3, -0.25) is 4.98 Å². The van der Waals surface area contributed by atoms with Gasteiger partial charge in [0.2, 0.25) is 0 Å². The number of nitrogens with one attached hydrogen (secondary N) is 2. The fourth-order valence-electron chi connectivity index (χ4n) is 1.83.